The molecule has 0 aromatic rings. The number of fused-ring (bicyclic) bond motifs is 1. The number of Topliss-reactive ketones (excluding diaryl/α,β-unsaturated/α-hetero) is 1. The number of rotatable bonds is 10. The smallest absolute Gasteiger partial charge is 0.407 e. The van der Waals surface area contributed by atoms with Crippen LogP contribution in [0.5, 0.6) is 0 Å². The zero-order valence-electron chi connectivity index (χ0n) is 24.1. The molecule has 0 spiro atoms. The number of esters is 1. The minimum Gasteiger partial charge on any atom is -0.464 e. The number of hydrogen-bond donors (Lipinski definition) is 1. The third-order valence-electron chi connectivity index (χ3n) is 8.89. The van der Waals surface area contributed by atoms with Crippen LogP contribution in [0.3, 0.4) is 0 Å². The molecule has 1 unspecified atom stereocenters. The topological polar surface area (TPSA) is 105 Å². The fourth-order valence-corrected chi connectivity index (χ4v) is 5.58. The molecule has 4 atom stereocenters. The summed E-state index contributed by atoms with van der Waals surface area (Å²) in [5, 5.41) is 2.71. The van der Waals surface area contributed by atoms with Crippen molar-refractivity contribution in [3.63, 3.8) is 0 Å². The molecule has 39 heavy (non-hydrogen) atoms. The van der Waals surface area contributed by atoms with Crippen LogP contribution in [0.15, 0.2) is 0 Å². The van der Waals surface area contributed by atoms with Crippen molar-refractivity contribution < 1.29 is 28.7 Å². The molecule has 2 saturated carbocycles. The third-order valence-corrected chi connectivity index (χ3v) is 8.89. The molecule has 0 radical (unpaired) electrons. The average molecular weight is 544 g/mol. The van der Waals surface area contributed by atoms with Gasteiger partial charge in [-0.3, -0.25) is 19.3 Å². The van der Waals surface area contributed by atoms with Crippen molar-refractivity contribution in [1.82, 2.24) is 15.1 Å². The maximum Gasteiger partial charge on any atom is 0.407 e. The van der Waals surface area contributed by atoms with Gasteiger partial charge in [0.25, 0.3) is 0 Å². The van der Waals surface area contributed by atoms with Crippen molar-refractivity contribution >= 4 is 23.8 Å². The Morgan fingerprint density at radius 3 is 2.26 bits per heavy atom. The van der Waals surface area contributed by atoms with E-state index in [0.29, 0.717) is 44.0 Å². The number of nitrogens with zero attached hydrogens (tertiary/aromatic N) is 2. The van der Waals surface area contributed by atoms with Crippen LogP contribution in [0.4, 0.5) is 4.79 Å². The van der Waals surface area contributed by atoms with Crippen LogP contribution in [-0.4, -0.2) is 85.5 Å². The molecular formula is C30H45N3O6. The molecule has 2 amide bonds. The van der Waals surface area contributed by atoms with Gasteiger partial charge in [0.2, 0.25) is 5.91 Å². The van der Waals surface area contributed by atoms with Crippen molar-refractivity contribution in [2.45, 2.75) is 78.7 Å². The maximum atomic E-state index is 13.0. The van der Waals surface area contributed by atoms with Crippen LogP contribution in [0, 0.1) is 40.4 Å². The van der Waals surface area contributed by atoms with Crippen LogP contribution >= 0.6 is 0 Å². The summed E-state index contributed by atoms with van der Waals surface area (Å²) in [7, 11) is 0. The number of nitrogens with one attached hydrogen (secondary N) is 1. The van der Waals surface area contributed by atoms with Gasteiger partial charge in [0.1, 0.15) is 6.61 Å². The quantitative estimate of drug-likeness (QED) is 0.334. The molecule has 0 aromatic heterocycles. The fraction of sp³-hybridized carbons (Fsp3) is 0.800. The molecule has 0 bridgehead atoms. The van der Waals surface area contributed by atoms with Crippen molar-refractivity contribution in [1.29, 1.82) is 0 Å². The van der Waals surface area contributed by atoms with E-state index in [9.17, 15) is 19.2 Å². The molecule has 216 valence electrons. The van der Waals surface area contributed by atoms with Crippen LogP contribution < -0.4 is 5.32 Å². The van der Waals surface area contributed by atoms with Crippen LogP contribution in [0.25, 0.3) is 0 Å². The Labute approximate surface area is 232 Å². The lowest BCUT2D eigenvalue weighted by molar-refractivity contribution is -0.153. The highest BCUT2D eigenvalue weighted by atomic mass is 16.5. The number of piperazine rings is 1. The minimum absolute atomic E-state index is 0.0803. The molecule has 1 aliphatic heterocycles. The molecule has 4 rings (SSSR count). The summed E-state index contributed by atoms with van der Waals surface area (Å²) in [5.41, 5.74) is -0.860. The maximum absolute atomic E-state index is 13.0. The molecule has 0 aromatic carbocycles. The van der Waals surface area contributed by atoms with Gasteiger partial charge in [-0.2, -0.15) is 0 Å². The molecule has 3 fully saturated rings. The molecule has 9 heteroatoms. The van der Waals surface area contributed by atoms with Crippen molar-refractivity contribution in [3.05, 3.63) is 0 Å². The van der Waals surface area contributed by atoms with E-state index in [2.05, 4.69) is 17.2 Å². The first-order valence-corrected chi connectivity index (χ1v) is 14.6. The number of carbonyl (C=O) groups excluding carboxylic acids is 4. The van der Waals surface area contributed by atoms with Gasteiger partial charge in [0.05, 0.1) is 24.6 Å². The first-order chi connectivity index (χ1) is 18.5. The highest BCUT2D eigenvalue weighted by Gasteiger charge is 2.49. The van der Waals surface area contributed by atoms with E-state index in [4.69, 9.17) is 9.47 Å². The van der Waals surface area contributed by atoms with Gasteiger partial charge in [-0.25, -0.2) is 4.79 Å². The monoisotopic (exact) mass is 543 g/mol. The van der Waals surface area contributed by atoms with Crippen LogP contribution in [-0.2, 0) is 23.9 Å². The Hall–Kier alpha value is -2.60. The van der Waals surface area contributed by atoms with E-state index in [1.165, 1.54) is 0 Å². The largest absolute Gasteiger partial charge is 0.464 e. The lowest BCUT2D eigenvalue weighted by Gasteiger charge is -2.41. The Balaban J connectivity index is 1.20. The molecular weight excluding hydrogens is 498 g/mol. The van der Waals surface area contributed by atoms with E-state index in [0.717, 1.165) is 38.5 Å². The zero-order chi connectivity index (χ0) is 28.2. The first-order valence-electron chi connectivity index (χ1n) is 14.6. The summed E-state index contributed by atoms with van der Waals surface area (Å²) in [6, 6.07) is -0.251. The summed E-state index contributed by atoms with van der Waals surface area (Å²) >= 11 is 0. The lowest BCUT2D eigenvalue weighted by atomic mass is 9.90. The van der Waals surface area contributed by atoms with E-state index < -0.39 is 11.5 Å². The number of ether oxygens (including phenoxy) is 2. The second-order valence-corrected chi connectivity index (χ2v) is 13.0. The summed E-state index contributed by atoms with van der Waals surface area (Å²) in [6.07, 6.45) is 5.36. The summed E-state index contributed by atoms with van der Waals surface area (Å²) in [5.74, 6) is 7.86. The second-order valence-electron chi connectivity index (χ2n) is 13.0. The van der Waals surface area contributed by atoms with Crippen LogP contribution in [0.1, 0.15) is 72.6 Å². The Morgan fingerprint density at radius 1 is 0.974 bits per heavy atom. The molecule has 9 nitrogen and oxygen atoms in total. The average Bonchev–Trinajstić information content (AvgIpc) is 3.77. The number of hydrogen-bond acceptors (Lipinski definition) is 7. The summed E-state index contributed by atoms with van der Waals surface area (Å²) in [4.78, 5) is 54.1. The minimum atomic E-state index is -0.484. The van der Waals surface area contributed by atoms with Crippen LogP contribution in [0.2, 0.25) is 0 Å². The number of amides is 2. The number of alkyl carbamates (subject to hydrolysis) is 1. The summed E-state index contributed by atoms with van der Waals surface area (Å²) < 4.78 is 11.1. The van der Waals surface area contributed by atoms with E-state index in [-0.39, 0.29) is 55.2 Å². The highest BCUT2D eigenvalue weighted by molar-refractivity contribution is 5.85. The van der Waals surface area contributed by atoms with Gasteiger partial charge in [-0.1, -0.05) is 20.8 Å². The van der Waals surface area contributed by atoms with Crippen molar-refractivity contribution in [2.24, 2.45) is 28.6 Å². The second kappa shape index (κ2) is 12.3. The van der Waals surface area contributed by atoms with E-state index >= 15 is 0 Å². The molecule has 3 aliphatic carbocycles. The molecule has 1 saturated heterocycles. The van der Waals surface area contributed by atoms with Gasteiger partial charge in [-0.05, 0) is 50.4 Å². The van der Waals surface area contributed by atoms with Gasteiger partial charge in [-0.15, -0.1) is 11.8 Å². The molecule has 1 N–H and O–H groups in total. The van der Waals surface area contributed by atoms with Crippen molar-refractivity contribution in [3.8, 4) is 11.8 Å². The predicted molar refractivity (Wildman–Crippen MR) is 145 cm³/mol. The van der Waals surface area contributed by atoms with Gasteiger partial charge in [0, 0.05) is 50.9 Å². The van der Waals surface area contributed by atoms with Gasteiger partial charge < -0.3 is 19.7 Å². The first kappa shape index (κ1) is 29.4. The zero-order valence-corrected chi connectivity index (χ0v) is 24.1. The van der Waals surface area contributed by atoms with Crippen molar-refractivity contribution in [2.75, 3.05) is 45.9 Å². The highest BCUT2D eigenvalue weighted by Crippen LogP contribution is 2.52. The fourth-order valence-electron chi connectivity index (χ4n) is 5.58. The Bertz CT molecular complexity index is 986. The molecule has 4 aliphatic rings. The Kier molecular flexibility index (Phi) is 9.25. The van der Waals surface area contributed by atoms with Gasteiger partial charge >= 0.3 is 12.1 Å². The van der Waals surface area contributed by atoms with E-state index in [1.807, 2.05) is 32.6 Å². The molecule has 1 heterocycles. The van der Waals surface area contributed by atoms with Gasteiger partial charge in [0.15, 0.2) is 5.78 Å². The standard InChI is InChI=1S/C30H45N3O6/c1-29(2,3)25(34)18-32-15-16-33(17-21(32)19-38-27(36)30(4)12-13-30)26(35)11-14-31-28(37)39-20-24-22-9-7-5-6-8-10-23(22)24/h21-24H,7-20H2,1-4H3,(H,31,37)/t21?,22-,23+,24-. The lowest BCUT2D eigenvalue weighted by Crippen LogP contribution is -2.58. The third kappa shape index (κ3) is 7.97. The number of ketones is 1. The van der Waals surface area contributed by atoms with E-state index in [1.54, 1.807) is 4.90 Å². The Morgan fingerprint density at radius 2 is 1.64 bits per heavy atom. The SMILES string of the molecule is CC(C)(C)C(=O)CN1CCN(C(=O)CCNC(=O)OC[C@@H]2[C@@H]3CCC#CCC[C@@H]32)CC1COC(=O)C1(C)CC1. The predicted octanol–water partition coefficient (Wildman–Crippen LogP) is 3.01. The normalized spacial score (nSPS) is 27.5. The summed E-state index contributed by atoms with van der Waals surface area (Å²) in [6.45, 7) is 9.99. The number of carbonyl (C=O) groups is 4.